The number of anilines is 1. The van der Waals surface area contributed by atoms with Crippen molar-refractivity contribution in [1.82, 2.24) is 20.3 Å². The van der Waals surface area contributed by atoms with Crippen molar-refractivity contribution in [3.05, 3.63) is 44.0 Å². The maximum Gasteiger partial charge on any atom is 0.142 e. The molecule has 116 valence electrons. The molecule has 0 saturated carbocycles. The van der Waals surface area contributed by atoms with Gasteiger partial charge in [0.25, 0.3) is 0 Å². The molecule has 2 aromatic heterocycles. The van der Waals surface area contributed by atoms with E-state index in [0.717, 1.165) is 42.8 Å². The van der Waals surface area contributed by atoms with Crippen LogP contribution in [0.25, 0.3) is 11.0 Å². The molecule has 2 atom stereocenters. The van der Waals surface area contributed by atoms with Gasteiger partial charge in [-0.3, -0.25) is 0 Å². The molecule has 0 aromatic carbocycles. The van der Waals surface area contributed by atoms with E-state index in [-0.39, 0.29) is 0 Å². The van der Waals surface area contributed by atoms with E-state index in [4.69, 9.17) is 0 Å². The lowest BCUT2D eigenvalue weighted by Gasteiger charge is -2.28. The number of nitrogens with one attached hydrogen (secondary N) is 2. The highest BCUT2D eigenvalue weighted by molar-refractivity contribution is 5.87. The van der Waals surface area contributed by atoms with Gasteiger partial charge in [0.2, 0.25) is 0 Å². The molecule has 22 heavy (non-hydrogen) atoms. The van der Waals surface area contributed by atoms with Crippen LogP contribution in [0, 0.1) is 5.92 Å². The molecule has 0 bridgehead atoms. The van der Waals surface area contributed by atoms with Crippen molar-refractivity contribution in [2.45, 2.75) is 25.3 Å². The molecule has 0 radical (unpaired) electrons. The van der Waals surface area contributed by atoms with Crippen LogP contribution in [0.4, 0.5) is 5.82 Å². The van der Waals surface area contributed by atoms with Crippen LogP contribution in [0.5, 0.6) is 0 Å². The predicted octanol–water partition coefficient (Wildman–Crippen LogP) is 2.85. The molecule has 0 amide bonds. The first-order chi connectivity index (χ1) is 10.8. The van der Waals surface area contributed by atoms with Gasteiger partial charge in [-0.05, 0) is 37.4 Å². The number of aromatic amines is 1. The van der Waals surface area contributed by atoms with Crippen LogP contribution >= 0.6 is 0 Å². The molecular formula is C17H23N5. The van der Waals surface area contributed by atoms with Gasteiger partial charge in [0.15, 0.2) is 0 Å². The van der Waals surface area contributed by atoms with Crippen LogP contribution in [0.3, 0.4) is 0 Å². The van der Waals surface area contributed by atoms with Crippen LogP contribution in [-0.2, 0) is 0 Å². The summed E-state index contributed by atoms with van der Waals surface area (Å²) in [6, 6.07) is 2.51. The zero-order chi connectivity index (χ0) is 15.4. The fraction of sp³-hybridized carbons (Fsp3) is 0.412. The Morgan fingerprint density at radius 1 is 1.41 bits per heavy atom. The van der Waals surface area contributed by atoms with E-state index in [1.54, 1.807) is 12.5 Å². The van der Waals surface area contributed by atoms with Gasteiger partial charge >= 0.3 is 0 Å². The molecule has 3 heterocycles. The second-order valence-electron chi connectivity index (χ2n) is 5.72. The summed E-state index contributed by atoms with van der Waals surface area (Å²) >= 11 is 0. The molecule has 0 aliphatic carbocycles. The highest BCUT2D eigenvalue weighted by atomic mass is 15.2. The van der Waals surface area contributed by atoms with E-state index in [9.17, 15) is 0 Å². The second kappa shape index (κ2) is 6.64. The Balaban J connectivity index is 1.84. The van der Waals surface area contributed by atoms with Crippen molar-refractivity contribution in [3.8, 4) is 0 Å². The zero-order valence-corrected chi connectivity index (χ0v) is 12.8. The van der Waals surface area contributed by atoms with Gasteiger partial charge < -0.3 is 15.2 Å². The Bertz CT molecular complexity index is 647. The zero-order valence-electron chi connectivity index (χ0n) is 12.8. The molecule has 3 rings (SSSR count). The number of hydrogen-bond donors (Lipinski definition) is 2. The molecular weight excluding hydrogens is 274 g/mol. The van der Waals surface area contributed by atoms with Gasteiger partial charge in [-0.1, -0.05) is 12.7 Å². The first kappa shape index (κ1) is 14.6. The summed E-state index contributed by atoms with van der Waals surface area (Å²) in [7, 11) is 0. The van der Waals surface area contributed by atoms with Gasteiger partial charge in [-0.15, -0.1) is 6.58 Å². The highest BCUT2D eigenvalue weighted by Crippen LogP contribution is 2.35. The molecule has 1 aliphatic rings. The quantitative estimate of drug-likeness (QED) is 0.609. The molecule has 1 aliphatic heterocycles. The second-order valence-corrected chi connectivity index (χ2v) is 5.72. The van der Waals surface area contributed by atoms with Gasteiger partial charge in [-0.2, -0.15) is 0 Å². The fourth-order valence-corrected chi connectivity index (χ4v) is 3.47. The van der Waals surface area contributed by atoms with E-state index in [2.05, 4.69) is 44.4 Å². The fourth-order valence-electron chi connectivity index (χ4n) is 3.47. The third-order valence-corrected chi connectivity index (χ3v) is 4.50. The molecule has 2 N–H and O–H groups in total. The van der Waals surface area contributed by atoms with E-state index in [0.29, 0.717) is 12.0 Å². The molecule has 0 spiro atoms. The van der Waals surface area contributed by atoms with Gasteiger partial charge in [0, 0.05) is 25.3 Å². The first-order valence-corrected chi connectivity index (χ1v) is 7.85. The van der Waals surface area contributed by atoms with Gasteiger partial charge in [0.05, 0.1) is 5.39 Å². The number of rotatable bonds is 7. The van der Waals surface area contributed by atoms with Crippen molar-refractivity contribution in [2.24, 2.45) is 5.92 Å². The highest BCUT2D eigenvalue weighted by Gasteiger charge is 2.34. The summed E-state index contributed by atoms with van der Waals surface area (Å²) in [4.78, 5) is 14.4. The minimum absolute atomic E-state index is 0.456. The first-order valence-electron chi connectivity index (χ1n) is 7.85. The third-order valence-electron chi connectivity index (χ3n) is 4.50. The number of hydrogen-bond acceptors (Lipinski definition) is 4. The topological polar surface area (TPSA) is 56.8 Å². The number of fused-ring (bicyclic) bond motifs is 1. The Kier molecular flexibility index (Phi) is 4.42. The Hall–Kier alpha value is -2.30. The standard InChI is InChI=1S/C17H23N5/c1-3-5-15-13(6-9-18-4-2)8-11-22(15)17-14-7-10-19-16(14)20-12-21-17/h3-4,7,10,12-13,15,18H,1-2,5-6,8-9,11H2,(H,19,20,21). The summed E-state index contributed by atoms with van der Waals surface area (Å²) in [5.74, 6) is 1.69. The Morgan fingerprint density at radius 3 is 3.14 bits per heavy atom. The Morgan fingerprint density at radius 2 is 2.32 bits per heavy atom. The summed E-state index contributed by atoms with van der Waals surface area (Å²) in [6.45, 7) is 9.66. The lowest BCUT2D eigenvalue weighted by molar-refractivity contribution is 0.436. The minimum Gasteiger partial charge on any atom is -0.391 e. The Labute approximate surface area is 131 Å². The number of aromatic nitrogens is 3. The van der Waals surface area contributed by atoms with Crippen molar-refractivity contribution in [2.75, 3.05) is 18.0 Å². The number of nitrogens with zero attached hydrogens (tertiary/aromatic N) is 3. The molecule has 1 saturated heterocycles. The van der Waals surface area contributed by atoms with Gasteiger partial charge in [0.1, 0.15) is 17.8 Å². The van der Waals surface area contributed by atoms with Gasteiger partial charge in [-0.25, -0.2) is 9.97 Å². The van der Waals surface area contributed by atoms with E-state index >= 15 is 0 Å². The molecule has 1 fully saturated rings. The van der Waals surface area contributed by atoms with Crippen molar-refractivity contribution in [3.63, 3.8) is 0 Å². The van der Waals surface area contributed by atoms with E-state index in [1.807, 2.05) is 12.3 Å². The van der Waals surface area contributed by atoms with Crippen LogP contribution in [-0.4, -0.2) is 34.1 Å². The molecule has 5 heteroatoms. The van der Waals surface area contributed by atoms with Crippen LogP contribution in [0.2, 0.25) is 0 Å². The van der Waals surface area contributed by atoms with Crippen molar-refractivity contribution < 1.29 is 0 Å². The maximum absolute atomic E-state index is 4.55. The van der Waals surface area contributed by atoms with Crippen LogP contribution in [0.15, 0.2) is 44.0 Å². The predicted molar refractivity (Wildman–Crippen MR) is 90.8 cm³/mol. The summed E-state index contributed by atoms with van der Waals surface area (Å²) in [6.07, 6.45) is 10.7. The summed E-state index contributed by atoms with van der Waals surface area (Å²) in [5, 5.41) is 4.31. The number of H-pyrrole nitrogens is 1. The minimum atomic E-state index is 0.456. The van der Waals surface area contributed by atoms with Crippen molar-refractivity contribution in [1.29, 1.82) is 0 Å². The molecule has 2 unspecified atom stereocenters. The van der Waals surface area contributed by atoms with Crippen molar-refractivity contribution >= 4 is 16.9 Å². The maximum atomic E-state index is 4.55. The molecule has 2 aromatic rings. The molecule has 5 nitrogen and oxygen atoms in total. The average Bonchev–Trinajstić information content (AvgIpc) is 3.15. The normalized spacial score (nSPS) is 21.2. The lowest BCUT2D eigenvalue weighted by Crippen LogP contribution is -2.34. The van der Waals surface area contributed by atoms with Crippen LogP contribution < -0.4 is 10.2 Å². The monoisotopic (exact) mass is 297 g/mol. The summed E-state index contributed by atoms with van der Waals surface area (Å²) < 4.78 is 0. The average molecular weight is 297 g/mol. The van der Waals surface area contributed by atoms with E-state index < -0.39 is 0 Å². The largest absolute Gasteiger partial charge is 0.391 e. The lowest BCUT2D eigenvalue weighted by atomic mass is 9.94. The van der Waals surface area contributed by atoms with E-state index in [1.165, 1.54) is 6.42 Å². The van der Waals surface area contributed by atoms with Crippen LogP contribution in [0.1, 0.15) is 19.3 Å². The smallest absolute Gasteiger partial charge is 0.142 e. The SMILES string of the molecule is C=CCC1C(CCNC=C)CCN1c1ncnc2[nH]ccc12. The third kappa shape index (κ3) is 2.71. The summed E-state index contributed by atoms with van der Waals surface area (Å²) in [5.41, 5.74) is 0.902.